The van der Waals surface area contributed by atoms with Crippen LogP contribution >= 0.6 is 24.4 Å². The van der Waals surface area contributed by atoms with Gasteiger partial charge < -0.3 is 84.2 Å². The van der Waals surface area contributed by atoms with Crippen molar-refractivity contribution in [2.75, 3.05) is 43.9 Å². The number of thiol groups is 1. The Balaban J connectivity index is 1.18. The van der Waals surface area contributed by atoms with E-state index in [1.807, 2.05) is 0 Å². The number of amides is 13. The van der Waals surface area contributed by atoms with E-state index in [1.54, 1.807) is 58.0 Å². The Bertz CT molecular complexity index is 3200. The number of likely N-dealkylation sites (tertiary alicyclic amines) is 2. The lowest BCUT2D eigenvalue weighted by atomic mass is 9.98. The number of benzene rings is 2. The number of carbonyl (C=O) groups excluding carboxylic acids is 13. The van der Waals surface area contributed by atoms with E-state index < -0.39 is 174 Å². The molecule has 4 heterocycles. The summed E-state index contributed by atoms with van der Waals surface area (Å²) >= 11 is 5.07. The highest BCUT2D eigenvalue weighted by Crippen LogP contribution is 2.37. The SMILES string of the molecule is CCC(C)C1NC(=O)CNC(=O)C(N)Cc2c([nH]c3cccc(OCC(C)O)c23)SCC(C(=O)NC(CC(=O)NCc2ccc(NC(=O)[C@H](C)NC(=O)C(NC(=O)CCN3C(=O)CC(S)C3=O)C(C)C)cc2)C(=O)N2CC(O)CC2C(N)=O)NC(=O)CNC1=O. The van der Waals surface area contributed by atoms with Crippen molar-refractivity contribution in [2.24, 2.45) is 23.3 Å². The molecular weight excluding hydrogens is 1210 g/mol. The summed E-state index contributed by atoms with van der Waals surface area (Å²) in [7, 11) is 0. The van der Waals surface area contributed by atoms with Gasteiger partial charge in [-0.3, -0.25) is 67.2 Å². The summed E-state index contributed by atoms with van der Waals surface area (Å²) in [6, 6.07) is 1.85. The Kier molecular flexibility index (Phi) is 25.5. The van der Waals surface area contributed by atoms with Crippen LogP contribution in [0.5, 0.6) is 5.75 Å². The van der Waals surface area contributed by atoms with Crippen molar-refractivity contribution in [3.8, 4) is 5.75 Å². The number of aliphatic hydroxyl groups is 2. The summed E-state index contributed by atoms with van der Waals surface area (Å²) in [6.07, 6.45) is -3.17. The van der Waals surface area contributed by atoms with Crippen molar-refractivity contribution in [1.82, 2.24) is 57.3 Å². The van der Waals surface area contributed by atoms with Gasteiger partial charge in [-0.05, 0) is 67.5 Å². The highest BCUT2D eigenvalue weighted by molar-refractivity contribution is 7.99. The molecule has 1 aromatic heterocycles. The van der Waals surface area contributed by atoms with Gasteiger partial charge in [-0.2, -0.15) is 12.6 Å². The number of hydrogen-bond donors (Lipinski definition) is 15. The van der Waals surface area contributed by atoms with Crippen LogP contribution in [0.1, 0.15) is 84.8 Å². The van der Waals surface area contributed by atoms with E-state index in [4.69, 9.17) is 16.2 Å². The van der Waals surface area contributed by atoms with E-state index >= 15 is 0 Å². The van der Waals surface area contributed by atoms with Crippen LogP contribution in [0.15, 0.2) is 47.5 Å². The number of nitrogens with one attached hydrogen (secondary N) is 10. The molecular formula is C58H80N14O16S2. The number of hydrogen-bond acceptors (Lipinski definition) is 19. The van der Waals surface area contributed by atoms with Gasteiger partial charge in [-0.25, -0.2) is 0 Å². The first kappa shape index (κ1) is 70.8. The first-order valence-electron chi connectivity index (χ1n) is 29.4. The third-order valence-corrected chi connectivity index (χ3v) is 16.7. The molecule has 0 bridgehead atoms. The van der Waals surface area contributed by atoms with Gasteiger partial charge in [0.2, 0.25) is 76.8 Å². The van der Waals surface area contributed by atoms with Crippen LogP contribution in [-0.2, 0) is 75.3 Å². The average molecular weight is 1290 g/mol. The summed E-state index contributed by atoms with van der Waals surface area (Å²) < 4.78 is 5.96. The topological polar surface area (TPSA) is 454 Å². The third-order valence-electron chi connectivity index (χ3n) is 15.2. The molecule has 10 unspecified atom stereocenters. The monoisotopic (exact) mass is 1290 g/mol. The maximum atomic E-state index is 14.8. The van der Waals surface area contributed by atoms with E-state index in [0.717, 1.165) is 21.6 Å². The Morgan fingerprint density at radius 1 is 0.856 bits per heavy atom. The quantitative estimate of drug-likeness (QED) is 0.0348. The molecule has 6 rings (SSSR count). The highest BCUT2D eigenvalue weighted by atomic mass is 32.2. The standard InChI is InChI=1S/C58H80N14O16S2/c1-7-28(4)49-54(84)63-22-44(77)66-38(26-90-56-34(18-35(59)52(82)62-23-45(78)70-49)47-36(68-56)9-8-10-40(47)88-25-29(5)73)53(83)67-37(57(86)72-24-33(74)17-39(72)50(60)80)19-43(76)61-21-31-11-13-32(14-12-31)65-51(81)30(6)64-55(85)48(27(2)3)69-42(75)15-16-71-46(79)20-41(89)58(71)87/h8-14,27-30,33,35,37-39,41,48-49,68,73-74,89H,7,15-26,59H2,1-6H3,(H2,60,80)(H,61,76)(H,62,82)(H,63,84)(H,64,85)(H,65,81)(H,66,77)(H,67,83)(H,69,75)(H,70,78)/t28?,29?,30-,33?,35?,37?,38?,39?,41?,48?,49?/m0/s1. The van der Waals surface area contributed by atoms with E-state index in [2.05, 4.69) is 65.5 Å². The number of carbonyl (C=O) groups is 13. The van der Waals surface area contributed by atoms with Crippen molar-refractivity contribution in [3.63, 3.8) is 0 Å². The number of nitrogens with zero attached hydrogens (tertiary/aromatic N) is 2. The number of ether oxygens (including phenoxy) is 1. The van der Waals surface area contributed by atoms with Crippen LogP contribution in [0.25, 0.3) is 10.9 Å². The number of primary amides is 1. The summed E-state index contributed by atoms with van der Waals surface area (Å²) in [5.41, 5.74) is 13.8. The number of fused-ring (bicyclic) bond motifs is 3. The summed E-state index contributed by atoms with van der Waals surface area (Å²) in [5.74, 6) is -10.6. The van der Waals surface area contributed by atoms with Gasteiger partial charge in [0.15, 0.2) is 0 Å². The molecule has 0 aliphatic carbocycles. The minimum atomic E-state index is -1.76. The Hall–Kier alpha value is -8.33. The van der Waals surface area contributed by atoms with Crippen LogP contribution < -0.4 is 64.1 Å². The van der Waals surface area contributed by atoms with Crippen LogP contribution in [0.2, 0.25) is 0 Å². The lowest BCUT2D eigenvalue weighted by Gasteiger charge is -2.29. The summed E-state index contributed by atoms with van der Waals surface area (Å²) in [4.78, 5) is 179. The summed E-state index contributed by atoms with van der Waals surface area (Å²) in [5, 5.41) is 44.0. The number of rotatable bonds is 22. The van der Waals surface area contributed by atoms with Crippen LogP contribution in [0.3, 0.4) is 0 Å². The maximum Gasteiger partial charge on any atom is 0.246 e. The van der Waals surface area contributed by atoms with Crippen molar-refractivity contribution in [1.29, 1.82) is 0 Å². The summed E-state index contributed by atoms with van der Waals surface area (Å²) in [6.45, 7) is 7.68. The zero-order valence-corrected chi connectivity index (χ0v) is 52.4. The van der Waals surface area contributed by atoms with E-state index in [0.29, 0.717) is 44.9 Å². The molecule has 0 saturated carbocycles. The minimum absolute atomic E-state index is 0.0758. The van der Waals surface area contributed by atoms with Gasteiger partial charge in [0.1, 0.15) is 48.6 Å². The molecule has 2 fully saturated rings. The van der Waals surface area contributed by atoms with Gasteiger partial charge >= 0.3 is 0 Å². The van der Waals surface area contributed by atoms with Gasteiger partial charge in [0.05, 0.1) is 53.6 Å². The fourth-order valence-electron chi connectivity index (χ4n) is 9.99. The molecule has 30 nitrogen and oxygen atoms in total. The second-order valence-corrected chi connectivity index (χ2v) is 24.4. The van der Waals surface area contributed by atoms with Crippen LogP contribution in [0, 0.1) is 11.8 Å². The van der Waals surface area contributed by atoms with Crippen LogP contribution in [0.4, 0.5) is 5.69 Å². The number of aliphatic hydroxyl groups excluding tert-OH is 2. The predicted molar refractivity (Wildman–Crippen MR) is 329 cm³/mol. The van der Waals surface area contributed by atoms with E-state index in [1.165, 1.54) is 26.0 Å². The van der Waals surface area contributed by atoms with Gasteiger partial charge in [-0.1, -0.05) is 52.3 Å². The Morgan fingerprint density at radius 3 is 2.17 bits per heavy atom. The molecule has 2 saturated heterocycles. The number of imide groups is 1. The minimum Gasteiger partial charge on any atom is -0.490 e. The smallest absolute Gasteiger partial charge is 0.246 e. The molecule has 11 atom stereocenters. The second-order valence-electron chi connectivity index (χ2n) is 22.8. The van der Waals surface area contributed by atoms with Gasteiger partial charge in [0.25, 0.3) is 0 Å². The molecule has 490 valence electrons. The van der Waals surface area contributed by atoms with Crippen molar-refractivity contribution in [3.05, 3.63) is 53.6 Å². The van der Waals surface area contributed by atoms with Gasteiger partial charge in [-0.15, -0.1) is 11.8 Å². The fourth-order valence-corrected chi connectivity index (χ4v) is 11.4. The molecule has 3 aliphatic rings. The molecule has 32 heteroatoms. The van der Waals surface area contributed by atoms with Crippen molar-refractivity contribution >= 4 is 118 Å². The number of anilines is 1. The number of aromatic nitrogens is 1. The highest BCUT2D eigenvalue weighted by Gasteiger charge is 2.42. The second kappa shape index (κ2) is 32.4. The lowest BCUT2D eigenvalue weighted by Crippen LogP contribution is -2.58. The first-order chi connectivity index (χ1) is 42.5. The Morgan fingerprint density at radius 2 is 1.53 bits per heavy atom. The number of nitrogens with two attached hydrogens (primary N) is 2. The molecule has 13 amide bonds. The van der Waals surface area contributed by atoms with E-state index in [-0.39, 0.29) is 51.1 Å². The number of thioether (sulfide) groups is 1. The number of H-pyrrole nitrogens is 1. The largest absolute Gasteiger partial charge is 0.490 e. The van der Waals surface area contributed by atoms with Gasteiger partial charge in [0, 0.05) is 55.7 Å². The van der Waals surface area contributed by atoms with Crippen LogP contribution in [-0.4, -0.2) is 200 Å². The molecule has 90 heavy (non-hydrogen) atoms. The first-order valence-corrected chi connectivity index (χ1v) is 30.9. The molecule has 0 spiro atoms. The maximum absolute atomic E-state index is 14.8. The number of aromatic amines is 1. The Labute approximate surface area is 528 Å². The third kappa shape index (κ3) is 19.3. The predicted octanol–water partition coefficient (Wildman–Crippen LogP) is -3.18. The fraction of sp³-hybridized carbons (Fsp3) is 0.534. The van der Waals surface area contributed by atoms with E-state index in [9.17, 15) is 72.5 Å². The molecule has 0 radical (unpaired) electrons. The van der Waals surface area contributed by atoms with Crippen molar-refractivity contribution < 1.29 is 77.3 Å². The molecule has 2 aromatic carbocycles. The molecule has 3 aliphatic heterocycles. The van der Waals surface area contributed by atoms with Crippen molar-refractivity contribution in [2.45, 2.75) is 151 Å². The molecule has 3 aromatic rings. The molecule has 16 N–H and O–H groups in total. The normalized spacial score (nSPS) is 22.0. The zero-order chi connectivity index (χ0) is 66.3. The zero-order valence-electron chi connectivity index (χ0n) is 50.7. The number of β-amino-alcohol motifs (C(OH)–C–C–N with tert-alkyl or cyclic N) is 1. The average Bonchev–Trinajstić information content (AvgIpc) is 1.75. The lowest BCUT2D eigenvalue weighted by molar-refractivity contribution is -0.142.